The van der Waals surface area contributed by atoms with Crippen molar-refractivity contribution in [3.63, 3.8) is 0 Å². The molecule has 0 nitrogen and oxygen atoms in total. The third kappa shape index (κ3) is 5.24. The molecule has 0 aliphatic heterocycles. The Hall–Kier alpha value is 0.440. The van der Waals surface area contributed by atoms with Gasteiger partial charge in [0, 0.05) is 0 Å². The molecule has 0 aromatic rings. The summed E-state index contributed by atoms with van der Waals surface area (Å²) < 4.78 is 0. The first kappa shape index (κ1) is 10.4. The lowest BCUT2D eigenvalue weighted by Gasteiger charge is -2.01. The highest BCUT2D eigenvalue weighted by molar-refractivity contribution is 8.03. The van der Waals surface area contributed by atoms with Crippen molar-refractivity contribution in [1.29, 1.82) is 0 Å². The van der Waals surface area contributed by atoms with Crippen molar-refractivity contribution in [3.8, 4) is 0 Å². The van der Waals surface area contributed by atoms with Crippen molar-refractivity contribution < 1.29 is 0 Å². The fraction of sp³-hybridized carbons (Fsp3) is 0.750. The van der Waals surface area contributed by atoms with Gasteiger partial charge in [-0.2, -0.15) is 12.6 Å². The molecule has 0 aromatic carbocycles. The molecular weight excluding hydrogens is 160 g/mol. The lowest BCUT2D eigenvalue weighted by Crippen LogP contribution is -1.81. The Morgan fingerprint density at radius 1 is 1.30 bits per heavy atom. The maximum Gasteiger partial charge on any atom is -0.00156 e. The highest BCUT2D eigenvalue weighted by Crippen LogP contribution is 2.19. The predicted molar refractivity (Wildman–Crippen MR) is 55.0 cm³/mol. The van der Waals surface area contributed by atoms with E-state index < -0.39 is 0 Å². The van der Waals surface area contributed by atoms with Crippen LogP contribution < -0.4 is 0 Å². The van der Waals surface area contributed by atoms with Crippen molar-refractivity contribution in [2.24, 2.45) is 0 Å². The van der Waals surface area contributed by atoms with Crippen LogP contribution in [0.5, 0.6) is 0 Å². The molecule has 0 bridgehead atoms. The molecule has 10 heavy (non-hydrogen) atoms. The number of hydrogen-bond donors (Lipinski definition) is 1. The first-order valence-corrected chi connectivity index (χ1v) is 5.18. The Morgan fingerprint density at radius 2 is 1.90 bits per heavy atom. The molecule has 60 valence electrons. The molecule has 0 aliphatic carbocycles. The van der Waals surface area contributed by atoms with Crippen molar-refractivity contribution in [2.45, 2.75) is 27.2 Å². The van der Waals surface area contributed by atoms with Crippen LogP contribution in [0.15, 0.2) is 10.5 Å². The zero-order valence-electron chi connectivity index (χ0n) is 6.98. The van der Waals surface area contributed by atoms with Crippen LogP contribution in [-0.2, 0) is 0 Å². The van der Waals surface area contributed by atoms with Gasteiger partial charge in [-0.1, -0.05) is 5.57 Å². The summed E-state index contributed by atoms with van der Waals surface area (Å²) in [5.41, 5.74) is 1.43. The molecule has 0 spiro atoms. The second-order valence-electron chi connectivity index (χ2n) is 2.48. The van der Waals surface area contributed by atoms with Crippen molar-refractivity contribution in [1.82, 2.24) is 0 Å². The quantitative estimate of drug-likeness (QED) is 0.506. The van der Waals surface area contributed by atoms with Crippen molar-refractivity contribution >= 4 is 24.4 Å². The second-order valence-corrected chi connectivity index (χ2v) is 4.24. The number of allylic oxidation sites excluding steroid dienone is 2. The van der Waals surface area contributed by atoms with Gasteiger partial charge in [0.15, 0.2) is 0 Å². The van der Waals surface area contributed by atoms with Gasteiger partial charge in [-0.3, -0.25) is 0 Å². The van der Waals surface area contributed by atoms with E-state index in [2.05, 4.69) is 33.4 Å². The first-order chi connectivity index (χ1) is 4.68. The van der Waals surface area contributed by atoms with Crippen LogP contribution >= 0.6 is 24.4 Å². The molecule has 2 heteroatoms. The Balaban J connectivity index is 3.40. The summed E-state index contributed by atoms with van der Waals surface area (Å²) in [6.45, 7) is 6.49. The normalized spacial score (nSPS) is 9.60. The monoisotopic (exact) mass is 176 g/mol. The van der Waals surface area contributed by atoms with Crippen LogP contribution in [0.3, 0.4) is 0 Å². The van der Waals surface area contributed by atoms with E-state index in [0.29, 0.717) is 0 Å². The minimum atomic E-state index is 1.00. The predicted octanol–water partition coefficient (Wildman–Crippen LogP) is 3.35. The van der Waals surface area contributed by atoms with Crippen LogP contribution in [0.25, 0.3) is 0 Å². The molecular formula is C8H16S2. The van der Waals surface area contributed by atoms with Gasteiger partial charge in [-0.15, -0.1) is 11.8 Å². The standard InChI is InChI=1S/C8H16S2/c1-7(2)8(3)10-6-4-5-9/h9H,4-6H2,1-3H3. The third-order valence-corrected chi connectivity index (χ3v) is 2.98. The molecule has 0 heterocycles. The van der Waals surface area contributed by atoms with Crippen LogP contribution in [-0.4, -0.2) is 11.5 Å². The summed E-state index contributed by atoms with van der Waals surface area (Å²) in [4.78, 5) is 1.46. The zero-order chi connectivity index (χ0) is 7.98. The maximum absolute atomic E-state index is 4.15. The Kier molecular flexibility index (Phi) is 6.44. The highest BCUT2D eigenvalue weighted by atomic mass is 32.2. The van der Waals surface area contributed by atoms with Crippen molar-refractivity contribution in [3.05, 3.63) is 10.5 Å². The number of hydrogen-bond acceptors (Lipinski definition) is 2. The Morgan fingerprint density at radius 3 is 2.30 bits per heavy atom. The second kappa shape index (κ2) is 6.17. The smallest absolute Gasteiger partial charge is 0.00156 e. The van der Waals surface area contributed by atoms with Crippen LogP contribution in [0.4, 0.5) is 0 Å². The molecule has 0 atom stereocenters. The molecule has 0 N–H and O–H groups in total. The lowest BCUT2D eigenvalue weighted by atomic mass is 10.3. The topological polar surface area (TPSA) is 0 Å². The lowest BCUT2D eigenvalue weighted by molar-refractivity contribution is 1.13. The largest absolute Gasteiger partial charge is 0.179 e. The van der Waals surface area contributed by atoms with Gasteiger partial charge in [-0.25, -0.2) is 0 Å². The van der Waals surface area contributed by atoms with Gasteiger partial charge in [0.05, 0.1) is 0 Å². The number of thioether (sulfide) groups is 1. The summed E-state index contributed by atoms with van der Waals surface area (Å²) in [5.74, 6) is 2.21. The average Bonchev–Trinajstić information content (AvgIpc) is 1.88. The summed E-state index contributed by atoms with van der Waals surface area (Å²) >= 11 is 6.09. The fourth-order valence-corrected chi connectivity index (χ4v) is 1.69. The van der Waals surface area contributed by atoms with E-state index in [1.807, 2.05) is 11.8 Å². The SMILES string of the molecule is CC(C)=C(C)SCCCS. The van der Waals surface area contributed by atoms with E-state index in [1.54, 1.807) is 0 Å². The Labute approximate surface area is 73.9 Å². The van der Waals surface area contributed by atoms with E-state index in [1.165, 1.54) is 22.7 Å². The van der Waals surface area contributed by atoms with E-state index in [0.717, 1.165) is 5.75 Å². The number of thiol groups is 1. The summed E-state index contributed by atoms with van der Waals surface area (Å²) in [6.07, 6.45) is 1.21. The van der Waals surface area contributed by atoms with E-state index in [9.17, 15) is 0 Å². The van der Waals surface area contributed by atoms with Crippen LogP contribution in [0.2, 0.25) is 0 Å². The molecule has 0 rings (SSSR count). The van der Waals surface area contributed by atoms with E-state index in [-0.39, 0.29) is 0 Å². The highest BCUT2D eigenvalue weighted by Gasteiger charge is 1.91. The molecule has 0 aliphatic rings. The van der Waals surface area contributed by atoms with Crippen molar-refractivity contribution in [2.75, 3.05) is 11.5 Å². The van der Waals surface area contributed by atoms with Gasteiger partial charge in [-0.05, 0) is 43.6 Å². The van der Waals surface area contributed by atoms with Crippen LogP contribution in [0.1, 0.15) is 27.2 Å². The van der Waals surface area contributed by atoms with Crippen LogP contribution in [0, 0.1) is 0 Å². The minimum Gasteiger partial charge on any atom is -0.179 e. The third-order valence-electron chi connectivity index (χ3n) is 1.33. The first-order valence-electron chi connectivity index (χ1n) is 3.56. The van der Waals surface area contributed by atoms with E-state index >= 15 is 0 Å². The minimum absolute atomic E-state index is 1.00. The molecule has 0 saturated carbocycles. The molecule has 0 saturated heterocycles. The molecule has 0 unspecified atom stereocenters. The zero-order valence-corrected chi connectivity index (χ0v) is 8.69. The number of rotatable bonds is 4. The van der Waals surface area contributed by atoms with Gasteiger partial charge in [0.2, 0.25) is 0 Å². The maximum atomic E-state index is 4.15. The van der Waals surface area contributed by atoms with Gasteiger partial charge >= 0.3 is 0 Å². The van der Waals surface area contributed by atoms with Gasteiger partial charge < -0.3 is 0 Å². The summed E-state index contributed by atoms with van der Waals surface area (Å²) in [7, 11) is 0. The average molecular weight is 176 g/mol. The molecule has 0 amide bonds. The fourth-order valence-electron chi connectivity index (χ4n) is 0.434. The molecule has 0 fully saturated rings. The molecule has 0 aromatic heterocycles. The van der Waals surface area contributed by atoms with E-state index in [4.69, 9.17) is 0 Å². The van der Waals surface area contributed by atoms with Gasteiger partial charge in [0.1, 0.15) is 0 Å². The summed E-state index contributed by atoms with van der Waals surface area (Å²) in [6, 6.07) is 0. The molecule has 0 radical (unpaired) electrons. The summed E-state index contributed by atoms with van der Waals surface area (Å²) in [5, 5.41) is 0. The Bertz CT molecular complexity index is 112. The van der Waals surface area contributed by atoms with Gasteiger partial charge in [0.25, 0.3) is 0 Å².